The predicted octanol–water partition coefficient (Wildman–Crippen LogP) is 2.81. The molecule has 2 aliphatic rings. The van der Waals surface area contributed by atoms with E-state index in [1.807, 2.05) is 6.07 Å². The van der Waals surface area contributed by atoms with E-state index < -0.39 is 0 Å². The number of aryl methyl sites for hydroxylation is 1. The van der Waals surface area contributed by atoms with Crippen LogP contribution in [0.25, 0.3) is 0 Å². The van der Waals surface area contributed by atoms with Crippen LogP contribution in [-0.4, -0.2) is 54.7 Å². The molecular weight excluding hydrogens is 350 g/mol. The van der Waals surface area contributed by atoms with Crippen molar-refractivity contribution in [3.05, 3.63) is 29.3 Å². The Morgan fingerprint density at radius 2 is 2.18 bits per heavy atom. The summed E-state index contributed by atoms with van der Waals surface area (Å²) in [7, 11) is 2.20. The van der Waals surface area contributed by atoms with Crippen molar-refractivity contribution in [2.24, 2.45) is 5.92 Å². The number of hydrogen-bond donors (Lipinski definition) is 3. The molecule has 2 fully saturated rings. The van der Waals surface area contributed by atoms with E-state index in [4.69, 9.17) is 0 Å². The third kappa shape index (κ3) is 4.06. The van der Waals surface area contributed by atoms with E-state index in [-0.39, 0.29) is 17.4 Å². The lowest BCUT2D eigenvalue weighted by Gasteiger charge is -2.51. The summed E-state index contributed by atoms with van der Waals surface area (Å²) in [6, 6.07) is 6.27. The van der Waals surface area contributed by atoms with Crippen LogP contribution in [0.3, 0.4) is 0 Å². The number of nitrogens with one attached hydrogen (secondary N) is 2. The number of likely N-dealkylation sites (tertiary alicyclic amines) is 1. The maximum Gasteiger partial charge on any atom is 0.237 e. The topological polar surface area (TPSA) is 64.6 Å². The van der Waals surface area contributed by atoms with Gasteiger partial charge in [0.2, 0.25) is 5.91 Å². The fraction of sp³-hybridized carbons (Fsp3) is 0.696. The highest BCUT2D eigenvalue weighted by atomic mass is 16.3. The van der Waals surface area contributed by atoms with Crippen molar-refractivity contribution in [2.75, 3.05) is 26.7 Å². The summed E-state index contributed by atoms with van der Waals surface area (Å²) < 4.78 is 0. The number of aromatic hydroxyl groups is 1. The van der Waals surface area contributed by atoms with E-state index >= 15 is 0 Å². The Balaban J connectivity index is 1.85. The number of rotatable bonds is 6. The molecule has 2 saturated heterocycles. The van der Waals surface area contributed by atoms with Crippen LogP contribution in [0.5, 0.6) is 5.75 Å². The molecule has 3 unspecified atom stereocenters. The van der Waals surface area contributed by atoms with Gasteiger partial charge in [-0.2, -0.15) is 0 Å². The van der Waals surface area contributed by atoms with E-state index in [9.17, 15) is 9.90 Å². The Morgan fingerprint density at radius 1 is 1.39 bits per heavy atom. The van der Waals surface area contributed by atoms with E-state index in [1.165, 1.54) is 11.1 Å². The molecule has 0 saturated carbocycles. The van der Waals surface area contributed by atoms with Crippen LogP contribution in [0.4, 0.5) is 0 Å². The number of benzene rings is 1. The molecule has 0 aliphatic carbocycles. The molecule has 28 heavy (non-hydrogen) atoms. The lowest BCUT2D eigenvalue weighted by atomic mass is 9.61. The van der Waals surface area contributed by atoms with Gasteiger partial charge in [-0.25, -0.2) is 0 Å². The van der Waals surface area contributed by atoms with Gasteiger partial charge >= 0.3 is 0 Å². The van der Waals surface area contributed by atoms with Gasteiger partial charge in [-0.1, -0.05) is 19.9 Å². The number of piperidine rings is 1. The van der Waals surface area contributed by atoms with Crippen LogP contribution in [0, 0.1) is 5.92 Å². The van der Waals surface area contributed by atoms with Gasteiger partial charge in [0.25, 0.3) is 0 Å². The van der Waals surface area contributed by atoms with Crippen LogP contribution < -0.4 is 10.6 Å². The quantitative estimate of drug-likeness (QED) is 0.702. The zero-order chi connectivity index (χ0) is 20.3. The predicted molar refractivity (Wildman–Crippen MR) is 114 cm³/mol. The molecule has 1 amide bonds. The van der Waals surface area contributed by atoms with Gasteiger partial charge in [0.15, 0.2) is 0 Å². The number of nitrogens with zero attached hydrogens (tertiary/aromatic N) is 1. The zero-order valence-corrected chi connectivity index (χ0v) is 17.9. The van der Waals surface area contributed by atoms with Crippen LogP contribution in [0.2, 0.25) is 0 Å². The largest absolute Gasteiger partial charge is 0.508 e. The SMILES string of the molecule is CCc1ccc(O)cc1C1(CCNC(=O)C2CCCN2)CCN(C)C(C)[C@@H]1C. The molecule has 156 valence electrons. The molecule has 4 atom stereocenters. The van der Waals surface area contributed by atoms with Crippen LogP contribution in [0.1, 0.15) is 57.6 Å². The minimum Gasteiger partial charge on any atom is -0.508 e. The van der Waals surface area contributed by atoms with Crippen LogP contribution >= 0.6 is 0 Å². The first-order chi connectivity index (χ1) is 13.4. The van der Waals surface area contributed by atoms with Crippen molar-refractivity contribution in [1.82, 2.24) is 15.5 Å². The Hall–Kier alpha value is -1.59. The van der Waals surface area contributed by atoms with Crippen molar-refractivity contribution >= 4 is 5.91 Å². The van der Waals surface area contributed by atoms with Gasteiger partial charge in [-0.05, 0) is 88.3 Å². The number of phenolic OH excluding ortho intramolecular Hbond substituents is 1. The highest BCUT2D eigenvalue weighted by Crippen LogP contribution is 2.47. The summed E-state index contributed by atoms with van der Waals surface area (Å²) in [5.41, 5.74) is 2.55. The van der Waals surface area contributed by atoms with Gasteiger partial charge in [0, 0.05) is 18.0 Å². The highest BCUT2D eigenvalue weighted by molar-refractivity contribution is 5.81. The molecule has 5 nitrogen and oxygen atoms in total. The number of phenols is 1. The molecule has 1 aromatic carbocycles. The molecule has 0 aromatic heterocycles. The summed E-state index contributed by atoms with van der Waals surface area (Å²) in [5.74, 6) is 0.900. The fourth-order valence-corrected chi connectivity index (χ4v) is 5.29. The van der Waals surface area contributed by atoms with Gasteiger partial charge in [-0.15, -0.1) is 0 Å². The van der Waals surface area contributed by atoms with Gasteiger partial charge in [0.05, 0.1) is 6.04 Å². The maximum atomic E-state index is 12.5. The fourth-order valence-electron chi connectivity index (χ4n) is 5.29. The van der Waals surface area contributed by atoms with Crippen molar-refractivity contribution < 1.29 is 9.90 Å². The summed E-state index contributed by atoms with van der Waals surface area (Å²) in [6.07, 6.45) is 4.91. The lowest BCUT2D eigenvalue weighted by Crippen LogP contribution is -2.54. The zero-order valence-electron chi connectivity index (χ0n) is 17.9. The van der Waals surface area contributed by atoms with Gasteiger partial charge in [0.1, 0.15) is 5.75 Å². The maximum absolute atomic E-state index is 12.5. The summed E-state index contributed by atoms with van der Waals surface area (Å²) in [6.45, 7) is 9.46. The molecule has 2 aliphatic heterocycles. The average Bonchev–Trinajstić information content (AvgIpc) is 3.23. The second-order valence-corrected chi connectivity index (χ2v) is 8.80. The third-order valence-electron chi connectivity index (χ3n) is 7.46. The van der Waals surface area contributed by atoms with E-state index in [2.05, 4.69) is 49.4 Å². The number of amides is 1. The van der Waals surface area contributed by atoms with Crippen molar-refractivity contribution in [3.8, 4) is 5.75 Å². The molecule has 0 radical (unpaired) electrons. The second kappa shape index (κ2) is 8.83. The minimum absolute atomic E-state index is 0.0308. The third-order valence-corrected chi connectivity index (χ3v) is 7.46. The first-order valence-corrected chi connectivity index (χ1v) is 10.9. The molecule has 5 heteroatoms. The first kappa shape index (κ1) is 21.1. The molecular formula is C23H37N3O2. The van der Waals surface area contributed by atoms with Crippen LogP contribution in [0.15, 0.2) is 18.2 Å². The van der Waals surface area contributed by atoms with E-state index in [1.54, 1.807) is 6.07 Å². The first-order valence-electron chi connectivity index (χ1n) is 10.9. The summed E-state index contributed by atoms with van der Waals surface area (Å²) in [5, 5.41) is 16.7. The summed E-state index contributed by atoms with van der Waals surface area (Å²) in [4.78, 5) is 14.9. The highest BCUT2D eigenvalue weighted by Gasteiger charge is 2.45. The Labute approximate surface area is 169 Å². The Kier molecular flexibility index (Phi) is 6.66. The molecule has 3 rings (SSSR count). The molecule has 3 N–H and O–H groups in total. The van der Waals surface area contributed by atoms with Crippen LogP contribution in [-0.2, 0) is 16.6 Å². The van der Waals surface area contributed by atoms with Gasteiger partial charge < -0.3 is 20.6 Å². The smallest absolute Gasteiger partial charge is 0.237 e. The van der Waals surface area contributed by atoms with Crippen molar-refractivity contribution in [2.45, 2.75) is 70.4 Å². The normalized spacial score (nSPS) is 31.1. The lowest BCUT2D eigenvalue weighted by molar-refractivity contribution is -0.122. The monoisotopic (exact) mass is 387 g/mol. The number of carbonyl (C=O) groups excluding carboxylic acids is 1. The second-order valence-electron chi connectivity index (χ2n) is 8.80. The molecule has 0 bridgehead atoms. The van der Waals surface area contributed by atoms with E-state index in [0.29, 0.717) is 24.3 Å². The molecule has 0 spiro atoms. The van der Waals surface area contributed by atoms with Gasteiger partial charge in [-0.3, -0.25) is 4.79 Å². The van der Waals surface area contributed by atoms with Crippen molar-refractivity contribution in [1.29, 1.82) is 0 Å². The minimum atomic E-state index is -0.0353. The standard InChI is InChI=1S/C23H37N3O2/c1-5-18-8-9-19(27)15-20(18)23(11-14-26(4)17(3)16(23)2)10-13-25-22(28)21-7-6-12-24-21/h8-9,15-17,21,24,27H,5-7,10-14H2,1-4H3,(H,25,28)/t16-,17?,21?,23?/m0/s1. The summed E-state index contributed by atoms with van der Waals surface area (Å²) >= 11 is 0. The van der Waals surface area contributed by atoms with Crippen molar-refractivity contribution in [3.63, 3.8) is 0 Å². The Bertz CT molecular complexity index is 686. The molecule has 1 aromatic rings. The molecule has 2 heterocycles. The van der Waals surface area contributed by atoms with E-state index in [0.717, 1.165) is 45.2 Å². The number of hydrogen-bond acceptors (Lipinski definition) is 4. The average molecular weight is 388 g/mol. The Morgan fingerprint density at radius 3 is 2.86 bits per heavy atom. The number of carbonyl (C=O) groups is 1.